The number of ether oxygens (including phenoxy) is 1. The third kappa shape index (κ3) is 6.63. The summed E-state index contributed by atoms with van der Waals surface area (Å²) in [5, 5.41) is 7.65. The molecule has 1 aromatic carbocycles. The van der Waals surface area contributed by atoms with Gasteiger partial charge in [-0.2, -0.15) is 0 Å². The third-order valence-corrected chi connectivity index (χ3v) is 7.25. The maximum Gasteiger partial charge on any atom is 0.225 e. The van der Waals surface area contributed by atoms with Crippen LogP contribution < -0.4 is 20.3 Å². The molecule has 0 atom stereocenters. The summed E-state index contributed by atoms with van der Waals surface area (Å²) in [5.74, 6) is 2.49. The molecule has 0 aliphatic carbocycles. The summed E-state index contributed by atoms with van der Waals surface area (Å²) >= 11 is 5.90. The van der Waals surface area contributed by atoms with Crippen molar-refractivity contribution in [3.8, 4) is 5.75 Å². The number of aryl methyl sites for hydroxylation is 2. The van der Waals surface area contributed by atoms with E-state index >= 15 is 0 Å². The van der Waals surface area contributed by atoms with E-state index in [4.69, 9.17) is 16.3 Å². The van der Waals surface area contributed by atoms with Crippen LogP contribution in [0.4, 0.5) is 5.95 Å². The molecule has 2 saturated heterocycles. The molecule has 2 N–H and O–H groups in total. The SMILES string of the molecule is C=C(NC1CCNCC1)c1c(C)cc(OCCCC2CCN(c3ncc(Cl)cn3)CC2)cc1C. The molecular weight excluding hydrogens is 446 g/mol. The molecule has 2 aliphatic heterocycles. The number of rotatable bonds is 9. The Hall–Kier alpha value is -2.31. The minimum absolute atomic E-state index is 0.508. The number of aromatic nitrogens is 2. The molecule has 4 rings (SSSR count). The second kappa shape index (κ2) is 11.9. The predicted octanol–water partition coefficient (Wildman–Crippen LogP) is 5.13. The van der Waals surface area contributed by atoms with Gasteiger partial charge in [0.2, 0.25) is 5.95 Å². The largest absolute Gasteiger partial charge is 0.494 e. The monoisotopic (exact) mass is 483 g/mol. The van der Waals surface area contributed by atoms with Crippen molar-refractivity contribution in [2.45, 2.75) is 58.4 Å². The van der Waals surface area contributed by atoms with E-state index in [1.54, 1.807) is 12.4 Å². The van der Waals surface area contributed by atoms with Gasteiger partial charge in [0.1, 0.15) is 5.75 Å². The lowest BCUT2D eigenvalue weighted by Crippen LogP contribution is -2.39. The summed E-state index contributed by atoms with van der Waals surface area (Å²) in [4.78, 5) is 10.9. The van der Waals surface area contributed by atoms with E-state index in [0.717, 1.165) is 75.4 Å². The van der Waals surface area contributed by atoms with Crippen molar-refractivity contribution in [1.82, 2.24) is 20.6 Å². The lowest BCUT2D eigenvalue weighted by molar-refractivity contribution is 0.278. The number of benzene rings is 1. The molecule has 184 valence electrons. The first kappa shape index (κ1) is 24.8. The number of hydrogen-bond acceptors (Lipinski definition) is 6. The van der Waals surface area contributed by atoms with Gasteiger partial charge in [-0.15, -0.1) is 0 Å². The first-order valence-corrected chi connectivity index (χ1v) is 13.0. The van der Waals surface area contributed by atoms with Gasteiger partial charge in [-0.1, -0.05) is 18.2 Å². The summed E-state index contributed by atoms with van der Waals surface area (Å²) in [7, 11) is 0. The Morgan fingerprint density at radius 1 is 1.12 bits per heavy atom. The molecule has 0 amide bonds. The molecule has 2 aliphatic rings. The van der Waals surface area contributed by atoms with Gasteiger partial charge in [-0.05, 0) is 94.6 Å². The highest BCUT2D eigenvalue weighted by atomic mass is 35.5. The Kier molecular flexibility index (Phi) is 8.68. The van der Waals surface area contributed by atoms with Crippen LogP contribution in [-0.4, -0.2) is 48.8 Å². The second-order valence-electron chi connectivity index (χ2n) is 9.70. The average Bonchev–Trinajstić information content (AvgIpc) is 2.83. The molecule has 1 aromatic heterocycles. The highest BCUT2D eigenvalue weighted by Gasteiger charge is 2.21. The van der Waals surface area contributed by atoms with Gasteiger partial charge in [0.25, 0.3) is 0 Å². The standard InChI is InChI=1S/C27H38ClN5O/c1-19-15-25(16-20(2)26(19)21(3)32-24-6-10-29-11-7-24)34-14-4-5-22-8-12-33(13-9-22)27-30-17-23(28)18-31-27/h15-18,22,24,29,32H,3-14H2,1-2H3. The number of hydrogen-bond donors (Lipinski definition) is 2. The lowest BCUT2D eigenvalue weighted by Gasteiger charge is -2.32. The molecule has 7 heteroatoms. The van der Waals surface area contributed by atoms with Gasteiger partial charge in [-0.3, -0.25) is 0 Å². The van der Waals surface area contributed by atoms with Crippen LogP contribution in [0.5, 0.6) is 5.75 Å². The Balaban J connectivity index is 1.20. The van der Waals surface area contributed by atoms with E-state index in [1.807, 2.05) is 0 Å². The van der Waals surface area contributed by atoms with E-state index in [9.17, 15) is 0 Å². The van der Waals surface area contributed by atoms with Crippen LogP contribution in [0.1, 0.15) is 55.2 Å². The van der Waals surface area contributed by atoms with Crippen LogP contribution in [-0.2, 0) is 0 Å². The number of nitrogens with one attached hydrogen (secondary N) is 2. The van der Waals surface area contributed by atoms with Gasteiger partial charge in [0.15, 0.2) is 0 Å². The highest BCUT2D eigenvalue weighted by molar-refractivity contribution is 6.30. The van der Waals surface area contributed by atoms with Gasteiger partial charge < -0.3 is 20.3 Å². The van der Waals surface area contributed by atoms with Crippen molar-refractivity contribution in [2.75, 3.05) is 37.7 Å². The Bertz CT molecular complexity index is 927. The van der Waals surface area contributed by atoms with E-state index < -0.39 is 0 Å². The van der Waals surface area contributed by atoms with Crippen molar-refractivity contribution in [1.29, 1.82) is 0 Å². The highest BCUT2D eigenvalue weighted by Crippen LogP contribution is 2.28. The smallest absolute Gasteiger partial charge is 0.225 e. The molecule has 3 heterocycles. The summed E-state index contributed by atoms with van der Waals surface area (Å²) in [6.45, 7) is 13.6. The van der Waals surface area contributed by atoms with E-state index in [2.05, 4.69) is 58.1 Å². The van der Waals surface area contributed by atoms with Gasteiger partial charge in [-0.25, -0.2) is 9.97 Å². The molecule has 34 heavy (non-hydrogen) atoms. The zero-order valence-electron chi connectivity index (χ0n) is 20.6. The van der Waals surface area contributed by atoms with Crippen LogP contribution in [0.15, 0.2) is 31.1 Å². The van der Waals surface area contributed by atoms with Gasteiger partial charge >= 0.3 is 0 Å². The average molecular weight is 484 g/mol. The Morgan fingerprint density at radius 3 is 2.41 bits per heavy atom. The number of piperidine rings is 2. The first-order chi connectivity index (χ1) is 16.5. The van der Waals surface area contributed by atoms with Gasteiger partial charge in [0.05, 0.1) is 24.0 Å². The zero-order valence-corrected chi connectivity index (χ0v) is 21.3. The molecule has 6 nitrogen and oxygen atoms in total. The van der Waals surface area contributed by atoms with Crippen LogP contribution in [0.3, 0.4) is 0 Å². The molecule has 0 radical (unpaired) electrons. The van der Waals surface area contributed by atoms with Crippen molar-refractivity contribution in [3.05, 3.63) is 52.8 Å². The Labute approximate surface area is 209 Å². The summed E-state index contributed by atoms with van der Waals surface area (Å²) in [6, 6.07) is 4.82. The summed E-state index contributed by atoms with van der Waals surface area (Å²) in [6.07, 6.45) is 10.2. The van der Waals surface area contributed by atoms with Crippen LogP contribution in [0, 0.1) is 19.8 Å². The number of nitrogens with zero attached hydrogens (tertiary/aromatic N) is 3. The van der Waals surface area contributed by atoms with E-state index in [0.29, 0.717) is 11.1 Å². The predicted molar refractivity (Wildman–Crippen MR) is 141 cm³/mol. The molecule has 0 unspecified atom stereocenters. The molecule has 0 spiro atoms. The third-order valence-electron chi connectivity index (χ3n) is 7.06. The number of anilines is 1. The fraction of sp³-hybridized carbons (Fsp3) is 0.556. The van der Waals surface area contributed by atoms with Crippen molar-refractivity contribution < 1.29 is 4.74 Å². The van der Waals surface area contributed by atoms with Crippen molar-refractivity contribution >= 4 is 23.2 Å². The molecule has 2 aromatic rings. The molecule has 0 bridgehead atoms. The van der Waals surface area contributed by atoms with Crippen molar-refractivity contribution in [3.63, 3.8) is 0 Å². The topological polar surface area (TPSA) is 62.3 Å². The second-order valence-corrected chi connectivity index (χ2v) is 10.1. The summed E-state index contributed by atoms with van der Waals surface area (Å²) in [5.41, 5.74) is 4.70. The fourth-order valence-electron chi connectivity index (χ4n) is 5.22. The fourth-order valence-corrected chi connectivity index (χ4v) is 5.32. The minimum atomic E-state index is 0.508. The van der Waals surface area contributed by atoms with E-state index in [1.165, 1.54) is 36.0 Å². The molecule has 2 fully saturated rings. The maximum absolute atomic E-state index is 6.14. The lowest BCUT2D eigenvalue weighted by atomic mass is 9.92. The quantitative estimate of drug-likeness (QED) is 0.482. The zero-order chi connectivity index (χ0) is 23.9. The van der Waals surface area contributed by atoms with Gasteiger partial charge in [0, 0.05) is 30.4 Å². The maximum atomic E-state index is 6.14. The normalized spacial score (nSPS) is 17.6. The number of halogens is 1. The molecule has 0 saturated carbocycles. The Morgan fingerprint density at radius 2 is 1.76 bits per heavy atom. The summed E-state index contributed by atoms with van der Waals surface area (Å²) < 4.78 is 6.14. The van der Waals surface area contributed by atoms with E-state index in [-0.39, 0.29) is 0 Å². The molecular formula is C27H38ClN5O. The minimum Gasteiger partial charge on any atom is -0.494 e. The van der Waals surface area contributed by atoms with Crippen LogP contribution >= 0.6 is 11.6 Å². The van der Waals surface area contributed by atoms with Crippen LogP contribution in [0.25, 0.3) is 5.70 Å². The van der Waals surface area contributed by atoms with Crippen LogP contribution in [0.2, 0.25) is 5.02 Å². The van der Waals surface area contributed by atoms with Crippen molar-refractivity contribution in [2.24, 2.45) is 5.92 Å². The first-order valence-electron chi connectivity index (χ1n) is 12.6.